The molecule has 0 aliphatic heterocycles. The SMILES string of the molecule is CC(C)CC(C)OCC(C)OCC(C)C(C)C. The Morgan fingerprint density at radius 1 is 0.706 bits per heavy atom. The summed E-state index contributed by atoms with van der Waals surface area (Å²) in [4.78, 5) is 0. The summed E-state index contributed by atoms with van der Waals surface area (Å²) in [6.07, 6.45) is 1.66. The molecular weight excluding hydrogens is 212 g/mol. The Kier molecular flexibility index (Phi) is 8.89. The van der Waals surface area contributed by atoms with Crippen molar-refractivity contribution in [2.24, 2.45) is 17.8 Å². The van der Waals surface area contributed by atoms with Crippen LogP contribution in [0.15, 0.2) is 0 Å². The zero-order valence-corrected chi connectivity index (χ0v) is 12.8. The molecule has 0 saturated heterocycles. The zero-order valence-electron chi connectivity index (χ0n) is 12.8. The van der Waals surface area contributed by atoms with Crippen molar-refractivity contribution in [3.8, 4) is 0 Å². The molecule has 104 valence electrons. The molecule has 0 spiro atoms. The molecule has 2 nitrogen and oxygen atoms in total. The number of hydrogen-bond acceptors (Lipinski definition) is 2. The average molecular weight is 244 g/mol. The average Bonchev–Trinajstić information content (AvgIpc) is 2.21. The summed E-state index contributed by atoms with van der Waals surface area (Å²) in [6.45, 7) is 16.9. The number of rotatable bonds is 9. The van der Waals surface area contributed by atoms with Crippen molar-refractivity contribution in [2.75, 3.05) is 13.2 Å². The monoisotopic (exact) mass is 244 g/mol. The highest BCUT2D eigenvalue weighted by molar-refractivity contribution is 4.59. The third kappa shape index (κ3) is 9.61. The van der Waals surface area contributed by atoms with E-state index < -0.39 is 0 Å². The van der Waals surface area contributed by atoms with E-state index in [1.54, 1.807) is 0 Å². The lowest BCUT2D eigenvalue weighted by molar-refractivity contribution is -0.0470. The van der Waals surface area contributed by atoms with E-state index in [4.69, 9.17) is 9.47 Å². The van der Waals surface area contributed by atoms with Crippen LogP contribution in [0.3, 0.4) is 0 Å². The first-order valence-electron chi connectivity index (χ1n) is 7.06. The standard InChI is InChI=1S/C15H32O2/c1-11(2)8-14(6)17-10-15(7)16-9-13(5)12(3)4/h11-15H,8-10H2,1-7H3. The second-order valence-electron chi connectivity index (χ2n) is 6.14. The fraction of sp³-hybridized carbons (Fsp3) is 1.00. The summed E-state index contributed by atoms with van der Waals surface area (Å²) in [7, 11) is 0. The van der Waals surface area contributed by atoms with Crippen LogP contribution in [0.25, 0.3) is 0 Å². The Morgan fingerprint density at radius 2 is 1.24 bits per heavy atom. The Bertz CT molecular complexity index is 178. The molecule has 17 heavy (non-hydrogen) atoms. The summed E-state index contributed by atoms with van der Waals surface area (Å²) in [5.41, 5.74) is 0. The molecular formula is C15H32O2. The van der Waals surface area contributed by atoms with Gasteiger partial charge in [0, 0.05) is 6.61 Å². The third-order valence-electron chi connectivity index (χ3n) is 3.20. The molecule has 2 heteroatoms. The molecule has 3 unspecified atom stereocenters. The van der Waals surface area contributed by atoms with Crippen molar-refractivity contribution < 1.29 is 9.47 Å². The van der Waals surface area contributed by atoms with E-state index >= 15 is 0 Å². The highest BCUT2D eigenvalue weighted by Crippen LogP contribution is 2.12. The predicted molar refractivity (Wildman–Crippen MR) is 74.3 cm³/mol. The van der Waals surface area contributed by atoms with Gasteiger partial charge in [0.15, 0.2) is 0 Å². The van der Waals surface area contributed by atoms with Crippen molar-refractivity contribution in [1.82, 2.24) is 0 Å². The van der Waals surface area contributed by atoms with Crippen LogP contribution in [-0.4, -0.2) is 25.4 Å². The van der Waals surface area contributed by atoms with Gasteiger partial charge in [0.25, 0.3) is 0 Å². The molecule has 0 radical (unpaired) electrons. The van der Waals surface area contributed by atoms with Crippen molar-refractivity contribution in [2.45, 2.75) is 67.1 Å². The summed E-state index contributed by atoms with van der Waals surface area (Å²) in [5, 5.41) is 0. The molecule has 0 aromatic carbocycles. The van der Waals surface area contributed by atoms with Crippen LogP contribution < -0.4 is 0 Å². The Balaban J connectivity index is 3.62. The van der Waals surface area contributed by atoms with E-state index in [0.29, 0.717) is 30.5 Å². The fourth-order valence-electron chi connectivity index (χ4n) is 1.59. The summed E-state index contributed by atoms with van der Waals surface area (Å²) in [5.74, 6) is 2.00. The van der Waals surface area contributed by atoms with Crippen LogP contribution in [0.5, 0.6) is 0 Å². The van der Waals surface area contributed by atoms with E-state index in [1.807, 2.05) is 0 Å². The molecule has 0 bridgehead atoms. The van der Waals surface area contributed by atoms with E-state index in [2.05, 4.69) is 48.5 Å². The van der Waals surface area contributed by atoms with Gasteiger partial charge < -0.3 is 9.47 Å². The normalized spacial score (nSPS) is 17.5. The molecule has 0 aromatic rings. The van der Waals surface area contributed by atoms with E-state index in [0.717, 1.165) is 13.0 Å². The summed E-state index contributed by atoms with van der Waals surface area (Å²) >= 11 is 0. The minimum atomic E-state index is 0.200. The van der Waals surface area contributed by atoms with Crippen LogP contribution in [-0.2, 0) is 9.47 Å². The maximum atomic E-state index is 5.80. The maximum Gasteiger partial charge on any atom is 0.0780 e. The molecule has 0 fully saturated rings. The number of ether oxygens (including phenoxy) is 2. The van der Waals surface area contributed by atoms with Crippen LogP contribution in [0.1, 0.15) is 54.9 Å². The van der Waals surface area contributed by atoms with Crippen LogP contribution in [0, 0.1) is 17.8 Å². The molecule has 0 aliphatic carbocycles. The highest BCUT2D eigenvalue weighted by Gasteiger charge is 2.12. The minimum Gasteiger partial charge on any atom is -0.376 e. The topological polar surface area (TPSA) is 18.5 Å². The predicted octanol–water partition coefficient (Wildman–Crippen LogP) is 4.13. The van der Waals surface area contributed by atoms with Gasteiger partial charge in [-0.15, -0.1) is 0 Å². The van der Waals surface area contributed by atoms with E-state index in [9.17, 15) is 0 Å². The van der Waals surface area contributed by atoms with Gasteiger partial charge in [0.1, 0.15) is 0 Å². The lowest BCUT2D eigenvalue weighted by Crippen LogP contribution is -2.24. The van der Waals surface area contributed by atoms with Crippen molar-refractivity contribution in [1.29, 1.82) is 0 Å². The van der Waals surface area contributed by atoms with Crippen molar-refractivity contribution in [3.63, 3.8) is 0 Å². The van der Waals surface area contributed by atoms with Gasteiger partial charge in [-0.3, -0.25) is 0 Å². The molecule has 0 amide bonds. The first-order valence-corrected chi connectivity index (χ1v) is 7.06. The third-order valence-corrected chi connectivity index (χ3v) is 3.20. The molecule has 0 aromatic heterocycles. The lowest BCUT2D eigenvalue weighted by Gasteiger charge is -2.21. The van der Waals surface area contributed by atoms with Gasteiger partial charge in [0.2, 0.25) is 0 Å². The van der Waals surface area contributed by atoms with Gasteiger partial charge in [-0.25, -0.2) is 0 Å². The smallest absolute Gasteiger partial charge is 0.0780 e. The first-order chi connectivity index (χ1) is 7.82. The highest BCUT2D eigenvalue weighted by atomic mass is 16.5. The summed E-state index contributed by atoms with van der Waals surface area (Å²) in [6, 6.07) is 0. The van der Waals surface area contributed by atoms with Gasteiger partial charge in [-0.05, 0) is 38.0 Å². The van der Waals surface area contributed by atoms with Crippen LogP contribution in [0.2, 0.25) is 0 Å². The van der Waals surface area contributed by atoms with Gasteiger partial charge in [-0.1, -0.05) is 34.6 Å². The van der Waals surface area contributed by atoms with E-state index in [1.165, 1.54) is 0 Å². The van der Waals surface area contributed by atoms with Crippen molar-refractivity contribution >= 4 is 0 Å². The molecule has 0 rings (SSSR count). The molecule has 0 saturated carbocycles. The van der Waals surface area contributed by atoms with Gasteiger partial charge in [-0.2, -0.15) is 0 Å². The molecule has 0 heterocycles. The van der Waals surface area contributed by atoms with Gasteiger partial charge in [0.05, 0.1) is 18.8 Å². The second kappa shape index (κ2) is 8.93. The van der Waals surface area contributed by atoms with Crippen LogP contribution >= 0.6 is 0 Å². The lowest BCUT2D eigenvalue weighted by atomic mass is 9.99. The molecule has 0 aliphatic rings. The Hall–Kier alpha value is -0.0800. The summed E-state index contributed by atoms with van der Waals surface area (Å²) < 4.78 is 11.6. The Labute approximate surface area is 108 Å². The molecule has 3 atom stereocenters. The van der Waals surface area contributed by atoms with Gasteiger partial charge >= 0.3 is 0 Å². The molecule has 0 N–H and O–H groups in total. The second-order valence-corrected chi connectivity index (χ2v) is 6.14. The quantitative estimate of drug-likeness (QED) is 0.607. The van der Waals surface area contributed by atoms with Crippen LogP contribution in [0.4, 0.5) is 0 Å². The Morgan fingerprint density at radius 3 is 1.71 bits per heavy atom. The fourth-order valence-corrected chi connectivity index (χ4v) is 1.59. The zero-order chi connectivity index (χ0) is 13.4. The maximum absolute atomic E-state index is 5.80. The number of hydrogen-bond donors (Lipinski definition) is 0. The van der Waals surface area contributed by atoms with E-state index in [-0.39, 0.29) is 6.10 Å². The first kappa shape index (κ1) is 16.9. The minimum absolute atomic E-state index is 0.200. The van der Waals surface area contributed by atoms with Crippen molar-refractivity contribution in [3.05, 3.63) is 0 Å². The largest absolute Gasteiger partial charge is 0.376 e.